The molecule has 1 N–H and O–H groups in total. The largest absolute Gasteiger partial charge is 0.467 e. The lowest BCUT2D eigenvalue weighted by molar-refractivity contribution is -0.128. The molecular formula is C13H13N3O4. The normalized spacial score (nSPS) is 11.7. The van der Waals surface area contributed by atoms with Crippen LogP contribution in [0.5, 0.6) is 0 Å². The van der Waals surface area contributed by atoms with Gasteiger partial charge in [0.05, 0.1) is 30.5 Å². The average molecular weight is 275 g/mol. The van der Waals surface area contributed by atoms with Gasteiger partial charge in [0.2, 0.25) is 0 Å². The molecule has 2 rings (SSSR count). The fraction of sp³-hybridized carbons (Fsp3) is 0.231. The van der Waals surface area contributed by atoms with E-state index in [-0.39, 0.29) is 12.5 Å². The molecule has 1 atom stereocenters. The Hall–Kier alpha value is -2.70. The summed E-state index contributed by atoms with van der Waals surface area (Å²) >= 11 is 0. The average Bonchev–Trinajstić information content (AvgIpc) is 3.01. The van der Waals surface area contributed by atoms with Gasteiger partial charge in [0.15, 0.2) is 0 Å². The quantitative estimate of drug-likeness (QED) is 0.621. The van der Waals surface area contributed by atoms with E-state index in [4.69, 9.17) is 4.74 Å². The van der Waals surface area contributed by atoms with Crippen LogP contribution in [0.25, 0.3) is 0 Å². The van der Waals surface area contributed by atoms with Crippen LogP contribution in [0.4, 0.5) is 0 Å². The molecule has 20 heavy (non-hydrogen) atoms. The second kappa shape index (κ2) is 6.46. The number of methoxy groups -OCH3 is 1. The molecule has 0 bridgehead atoms. The van der Waals surface area contributed by atoms with Crippen molar-refractivity contribution in [2.45, 2.75) is 5.92 Å². The van der Waals surface area contributed by atoms with Crippen LogP contribution in [0.2, 0.25) is 0 Å². The number of aromatic amines is 1. The Morgan fingerprint density at radius 2 is 2.35 bits per heavy atom. The molecule has 2 aromatic rings. The van der Waals surface area contributed by atoms with Crippen LogP contribution in [-0.4, -0.2) is 41.6 Å². The molecule has 7 nitrogen and oxygen atoms in total. The topological polar surface area (TPSA) is 94.2 Å². The highest BCUT2D eigenvalue weighted by Crippen LogP contribution is 2.23. The van der Waals surface area contributed by atoms with Gasteiger partial charge in [-0.15, -0.1) is 0 Å². The van der Waals surface area contributed by atoms with Gasteiger partial charge in [0.1, 0.15) is 6.61 Å². The maximum Gasteiger partial charge on any atom is 0.337 e. The fourth-order valence-corrected chi connectivity index (χ4v) is 1.87. The number of hydrogen-bond donors (Lipinski definition) is 1. The van der Waals surface area contributed by atoms with Crippen molar-refractivity contribution in [1.82, 2.24) is 15.4 Å². The molecule has 1 aromatic heterocycles. The molecule has 0 aliphatic heterocycles. The molecule has 7 heteroatoms. The Labute approximate surface area is 114 Å². The minimum atomic E-state index is -0.429. The van der Waals surface area contributed by atoms with E-state index in [0.717, 1.165) is 5.56 Å². The maximum atomic E-state index is 11.5. The second-order valence-electron chi connectivity index (χ2n) is 3.99. The summed E-state index contributed by atoms with van der Waals surface area (Å²) in [6, 6.07) is 6.88. The summed E-state index contributed by atoms with van der Waals surface area (Å²) in [5, 5.41) is 10.2. The summed E-state index contributed by atoms with van der Waals surface area (Å²) < 4.78 is 9.50. The molecule has 1 aromatic carbocycles. The number of nitrogens with one attached hydrogen (secondary N) is 1. The van der Waals surface area contributed by atoms with Gasteiger partial charge in [0.25, 0.3) is 6.47 Å². The van der Waals surface area contributed by atoms with Crippen LogP contribution in [0.1, 0.15) is 27.5 Å². The van der Waals surface area contributed by atoms with E-state index in [1.807, 2.05) is 6.07 Å². The first kappa shape index (κ1) is 13.7. The fourth-order valence-electron chi connectivity index (χ4n) is 1.87. The highest BCUT2D eigenvalue weighted by molar-refractivity contribution is 5.89. The first-order valence-electron chi connectivity index (χ1n) is 5.85. The lowest BCUT2D eigenvalue weighted by atomic mass is 9.95. The number of carbonyl (C=O) groups excluding carboxylic acids is 2. The predicted octanol–water partition coefficient (Wildman–Crippen LogP) is 0.896. The van der Waals surface area contributed by atoms with Crippen LogP contribution in [0.3, 0.4) is 0 Å². The molecule has 0 radical (unpaired) electrons. The van der Waals surface area contributed by atoms with Crippen molar-refractivity contribution in [2.75, 3.05) is 13.7 Å². The summed E-state index contributed by atoms with van der Waals surface area (Å²) in [5.41, 5.74) is 1.82. The van der Waals surface area contributed by atoms with Crippen molar-refractivity contribution in [3.63, 3.8) is 0 Å². The molecule has 0 saturated heterocycles. The second-order valence-corrected chi connectivity index (χ2v) is 3.99. The van der Waals surface area contributed by atoms with E-state index in [0.29, 0.717) is 17.7 Å². The smallest absolute Gasteiger partial charge is 0.337 e. The van der Waals surface area contributed by atoms with Gasteiger partial charge >= 0.3 is 5.97 Å². The third-order valence-corrected chi connectivity index (χ3v) is 2.83. The Bertz CT molecular complexity index is 583. The van der Waals surface area contributed by atoms with Crippen molar-refractivity contribution in [3.05, 3.63) is 47.3 Å². The van der Waals surface area contributed by atoms with Crippen LogP contribution in [-0.2, 0) is 14.3 Å². The number of benzene rings is 1. The molecule has 1 unspecified atom stereocenters. The Morgan fingerprint density at radius 1 is 1.50 bits per heavy atom. The van der Waals surface area contributed by atoms with Crippen molar-refractivity contribution in [2.24, 2.45) is 0 Å². The monoisotopic (exact) mass is 275 g/mol. The van der Waals surface area contributed by atoms with E-state index in [1.54, 1.807) is 24.4 Å². The number of rotatable bonds is 6. The number of hydrogen-bond acceptors (Lipinski definition) is 6. The standard InChI is InChI=1S/C13H13N3O4/c1-19-13(18)10-4-2-3-9(5-10)11(7-20-8-17)12-6-14-16-15-12/h2-6,8,11H,7H2,1H3,(H,14,15,16). The van der Waals surface area contributed by atoms with Crippen LogP contribution < -0.4 is 0 Å². The lowest BCUT2D eigenvalue weighted by Crippen LogP contribution is -2.11. The van der Waals surface area contributed by atoms with Gasteiger partial charge in [-0.25, -0.2) is 4.79 Å². The Balaban J connectivity index is 2.33. The van der Waals surface area contributed by atoms with Crippen molar-refractivity contribution in [3.8, 4) is 0 Å². The van der Waals surface area contributed by atoms with Gasteiger partial charge in [-0.3, -0.25) is 4.79 Å². The molecule has 0 aliphatic carbocycles. The first-order valence-corrected chi connectivity index (χ1v) is 5.85. The predicted molar refractivity (Wildman–Crippen MR) is 68.0 cm³/mol. The number of aromatic nitrogens is 3. The highest BCUT2D eigenvalue weighted by Gasteiger charge is 2.19. The summed E-state index contributed by atoms with van der Waals surface area (Å²) in [5.74, 6) is -0.731. The first-order chi connectivity index (χ1) is 9.76. The van der Waals surface area contributed by atoms with Crippen molar-refractivity contribution in [1.29, 1.82) is 0 Å². The zero-order chi connectivity index (χ0) is 14.4. The van der Waals surface area contributed by atoms with E-state index in [2.05, 4.69) is 20.1 Å². The molecule has 0 amide bonds. The Kier molecular flexibility index (Phi) is 4.43. The highest BCUT2D eigenvalue weighted by atomic mass is 16.5. The third kappa shape index (κ3) is 3.00. The van der Waals surface area contributed by atoms with Crippen molar-refractivity contribution >= 4 is 12.4 Å². The van der Waals surface area contributed by atoms with Crippen LogP contribution in [0, 0.1) is 0 Å². The zero-order valence-corrected chi connectivity index (χ0v) is 10.8. The molecule has 0 saturated carbocycles. The SMILES string of the molecule is COC(=O)c1cccc(C(COC=O)c2cn[nH]n2)c1. The lowest BCUT2D eigenvalue weighted by Gasteiger charge is -2.14. The number of carbonyl (C=O) groups is 2. The number of H-pyrrole nitrogens is 1. The van der Waals surface area contributed by atoms with Gasteiger partial charge < -0.3 is 9.47 Å². The molecule has 1 heterocycles. The number of esters is 1. The molecule has 0 spiro atoms. The van der Waals surface area contributed by atoms with Crippen LogP contribution >= 0.6 is 0 Å². The van der Waals surface area contributed by atoms with Gasteiger partial charge in [-0.1, -0.05) is 12.1 Å². The zero-order valence-electron chi connectivity index (χ0n) is 10.8. The van der Waals surface area contributed by atoms with E-state index >= 15 is 0 Å². The van der Waals surface area contributed by atoms with Gasteiger partial charge in [-0.2, -0.15) is 15.4 Å². The summed E-state index contributed by atoms with van der Waals surface area (Å²) in [6.45, 7) is 0.484. The molecule has 0 aliphatic rings. The Morgan fingerprint density at radius 3 is 3.00 bits per heavy atom. The van der Waals surface area contributed by atoms with E-state index < -0.39 is 5.97 Å². The minimum absolute atomic E-state index is 0.112. The van der Waals surface area contributed by atoms with Crippen molar-refractivity contribution < 1.29 is 19.1 Å². The summed E-state index contributed by atoms with van der Waals surface area (Å²) in [7, 11) is 1.32. The third-order valence-electron chi connectivity index (χ3n) is 2.83. The van der Waals surface area contributed by atoms with E-state index in [9.17, 15) is 9.59 Å². The molecular weight excluding hydrogens is 262 g/mol. The van der Waals surface area contributed by atoms with Gasteiger partial charge in [0, 0.05) is 0 Å². The molecule has 0 fully saturated rings. The molecule has 104 valence electrons. The minimum Gasteiger partial charge on any atom is -0.467 e. The maximum absolute atomic E-state index is 11.5. The van der Waals surface area contributed by atoms with E-state index in [1.165, 1.54) is 7.11 Å². The summed E-state index contributed by atoms with van der Waals surface area (Å²) in [4.78, 5) is 21.9. The number of nitrogens with zero attached hydrogens (tertiary/aromatic N) is 2. The summed E-state index contributed by atoms with van der Waals surface area (Å²) in [6.07, 6.45) is 1.55. The number of ether oxygens (including phenoxy) is 2. The van der Waals surface area contributed by atoms with Crippen LogP contribution in [0.15, 0.2) is 30.5 Å². The van der Waals surface area contributed by atoms with Gasteiger partial charge in [-0.05, 0) is 17.7 Å².